The fourth-order valence-corrected chi connectivity index (χ4v) is 2.79. The molecule has 0 saturated heterocycles. The number of benzene rings is 2. The molecule has 5 nitrogen and oxygen atoms in total. The maximum Gasteiger partial charge on any atom is 0.244 e. The Kier molecular flexibility index (Phi) is 4.28. The van der Waals surface area contributed by atoms with Crippen LogP contribution in [0.1, 0.15) is 23.1 Å². The van der Waals surface area contributed by atoms with Crippen molar-refractivity contribution in [1.29, 1.82) is 0 Å². The second-order valence-electron chi connectivity index (χ2n) is 5.39. The highest BCUT2D eigenvalue weighted by atomic mass is 16.5. The van der Waals surface area contributed by atoms with E-state index < -0.39 is 0 Å². The quantitative estimate of drug-likeness (QED) is 0.852. The third-order valence-electron chi connectivity index (χ3n) is 3.93. The molecule has 2 N–H and O–H groups in total. The smallest absolute Gasteiger partial charge is 0.244 e. The molecular weight excluding hydrogens is 292 g/mol. The Morgan fingerprint density at radius 3 is 2.87 bits per heavy atom. The Balaban J connectivity index is 1.70. The highest BCUT2D eigenvalue weighted by Gasteiger charge is 2.20. The van der Waals surface area contributed by atoms with E-state index in [0.29, 0.717) is 12.2 Å². The van der Waals surface area contributed by atoms with Crippen LogP contribution in [0.4, 0.5) is 0 Å². The van der Waals surface area contributed by atoms with Gasteiger partial charge in [0.25, 0.3) is 0 Å². The fraction of sp³-hybridized carbons (Fsp3) is 0.222. The average Bonchev–Trinajstić information content (AvgIpc) is 2.98. The van der Waals surface area contributed by atoms with E-state index in [2.05, 4.69) is 10.5 Å². The van der Waals surface area contributed by atoms with Crippen LogP contribution in [0.25, 0.3) is 0 Å². The van der Waals surface area contributed by atoms with E-state index in [4.69, 9.17) is 4.74 Å². The monoisotopic (exact) mass is 310 g/mol. The summed E-state index contributed by atoms with van der Waals surface area (Å²) >= 11 is 0. The zero-order valence-electron chi connectivity index (χ0n) is 12.9. The minimum Gasteiger partial charge on any atom is -0.508 e. The number of methoxy groups -OCH3 is 1. The number of nitrogens with zero attached hydrogens (tertiary/aromatic N) is 1. The molecule has 1 aliphatic carbocycles. The van der Waals surface area contributed by atoms with Crippen LogP contribution < -0.4 is 10.2 Å². The van der Waals surface area contributed by atoms with E-state index in [1.165, 1.54) is 0 Å². The maximum atomic E-state index is 12.1. The molecule has 2 aromatic carbocycles. The van der Waals surface area contributed by atoms with Crippen molar-refractivity contribution in [3.05, 3.63) is 59.2 Å². The van der Waals surface area contributed by atoms with Gasteiger partial charge in [-0.1, -0.05) is 30.3 Å². The topological polar surface area (TPSA) is 70.9 Å². The summed E-state index contributed by atoms with van der Waals surface area (Å²) in [4.78, 5) is 12.1. The summed E-state index contributed by atoms with van der Waals surface area (Å²) < 4.78 is 5.24. The minimum absolute atomic E-state index is 0.199. The van der Waals surface area contributed by atoms with E-state index in [-0.39, 0.29) is 18.1 Å². The molecule has 118 valence electrons. The van der Waals surface area contributed by atoms with Crippen molar-refractivity contribution in [3.8, 4) is 11.5 Å². The third-order valence-corrected chi connectivity index (χ3v) is 3.93. The Bertz CT molecular complexity index is 769. The lowest BCUT2D eigenvalue weighted by molar-refractivity contribution is -0.120. The van der Waals surface area contributed by atoms with Crippen LogP contribution in [0.2, 0.25) is 0 Å². The first-order chi connectivity index (χ1) is 11.2. The number of phenolic OH excluding ortho intramolecular Hbond substituents is 1. The number of carbonyl (C=O) groups excluding carboxylic acids is 1. The lowest BCUT2D eigenvalue weighted by Gasteiger charge is -2.07. The molecular formula is C18H18N2O3. The standard InChI is InChI=1S/C18H18N2O3/c1-23-17-8-3-2-5-12(17)11-18(22)20-19-15-10-9-14-13(15)6-4-7-16(14)21/h2-8,21H,9-11H2,1H3,(H,20,22). The second-order valence-corrected chi connectivity index (χ2v) is 5.39. The van der Waals surface area contributed by atoms with Gasteiger partial charge in [-0.3, -0.25) is 4.79 Å². The molecule has 0 spiro atoms. The van der Waals surface area contributed by atoms with Gasteiger partial charge < -0.3 is 9.84 Å². The van der Waals surface area contributed by atoms with Gasteiger partial charge in [0.1, 0.15) is 11.5 Å². The van der Waals surface area contributed by atoms with Crippen molar-refractivity contribution in [2.24, 2.45) is 5.10 Å². The van der Waals surface area contributed by atoms with Gasteiger partial charge in [-0.25, -0.2) is 5.43 Å². The molecule has 0 heterocycles. The number of hydrazone groups is 1. The number of nitrogens with one attached hydrogen (secondary N) is 1. The molecule has 0 fully saturated rings. The predicted octanol–water partition coefficient (Wildman–Crippen LogP) is 2.41. The number of carbonyl (C=O) groups is 1. The Labute approximate surface area is 134 Å². The van der Waals surface area contributed by atoms with Crippen molar-refractivity contribution in [1.82, 2.24) is 5.43 Å². The van der Waals surface area contributed by atoms with E-state index in [1.807, 2.05) is 30.3 Å². The normalized spacial score (nSPS) is 14.6. The molecule has 3 rings (SSSR count). The number of aromatic hydroxyl groups is 1. The summed E-state index contributed by atoms with van der Waals surface area (Å²) in [6.45, 7) is 0. The molecule has 0 unspecified atom stereocenters. The first kappa shape index (κ1) is 15.1. The molecule has 1 amide bonds. The zero-order valence-corrected chi connectivity index (χ0v) is 12.9. The average molecular weight is 310 g/mol. The molecule has 2 aromatic rings. The van der Waals surface area contributed by atoms with Gasteiger partial charge in [-0.05, 0) is 25.0 Å². The van der Waals surface area contributed by atoms with Gasteiger partial charge in [-0.15, -0.1) is 0 Å². The molecule has 1 aliphatic rings. The minimum atomic E-state index is -0.199. The van der Waals surface area contributed by atoms with Crippen molar-refractivity contribution in [2.75, 3.05) is 7.11 Å². The lowest BCUT2D eigenvalue weighted by Crippen LogP contribution is -2.21. The van der Waals surface area contributed by atoms with Crippen LogP contribution in [-0.2, 0) is 17.6 Å². The fourth-order valence-electron chi connectivity index (χ4n) is 2.79. The number of rotatable bonds is 4. The number of fused-ring (bicyclic) bond motifs is 1. The molecule has 0 radical (unpaired) electrons. The number of hydrogen-bond acceptors (Lipinski definition) is 4. The molecule has 0 atom stereocenters. The highest BCUT2D eigenvalue weighted by Crippen LogP contribution is 2.29. The van der Waals surface area contributed by atoms with Gasteiger partial charge in [0.2, 0.25) is 5.91 Å². The molecule has 0 bridgehead atoms. The number of para-hydroxylation sites is 1. The van der Waals surface area contributed by atoms with Crippen LogP contribution in [-0.4, -0.2) is 23.8 Å². The summed E-state index contributed by atoms with van der Waals surface area (Å²) in [5, 5.41) is 14.0. The maximum absolute atomic E-state index is 12.1. The Morgan fingerprint density at radius 2 is 2.04 bits per heavy atom. The Hall–Kier alpha value is -2.82. The zero-order chi connectivity index (χ0) is 16.2. The van der Waals surface area contributed by atoms with E-state index in [1.54, 1.807) is 19.2 Å². The summed E-state index contributed by atoms with van der Waals surface area (Å²) in [5.41, 5.74) is 6.01. The van der Waals surface area contributed by atoms with E-state index >= 15 is 0 Å². The van der Waals surface area contributed by atoms with Crippen LogP contribution >= 0.6 is 0 Å². The van der Waals surface area contributed by atoms with Gasteiger partial charge in [0, 0.05) is 16.7 Å². The second kappa shape index (κ2) is 6.52. The lowest BCUT2D eigenvalue weighted by atomic mass is 10.1. The van der Waals surface area contributed by atoms with Crippen LogP contribution in [0, 0.1) is 0 Å². The summed E-state index contributed by atoms with van der Waals surface area (Å²) in [6, 6.07) is 12.8. The van der Waals surface area contributed by atoms with Gasteiger partial charge in [0.05, 0.1) is 19.2 Å². The van der Waals surface area contributed by atoms with Crippen molar-refractivity contribution in [3.63, 3.8) is 0 Å². The largest absolute Gasteiger partial charge is 0.508 e. The van der Waals surface area contributed by atoms with Crippen molar-refractivity contribution < 1.29 is 14.6 Å². The number of ether oxygens (including phenoxy) is 1. The molecule has 0 aromatic heterocycles. The van der Waals surface area contributed by atoms with E-state index in [0.717, 1.165) is 28.8 Å². The summed E-state index contributed by atoms with van der Waals surface area (Å²) in [7, 11) is 1.58. The highest BCUT2D eigenvalue weighted by molar-refractivity contribution is 6.05. The molecule has 0 saturated carbocycles. The predicted molar refractivity (Wildman–Crippen MR) is 87.8 cm³/mol. The van der Waals surface area contributed by atoms with Gasteiger partial charge in [0.15, 0.2) is 0 Å². The van der Waals surface area contributed by atoms with Crippen molar-refractivity contribution >= 4 is 11.6 Å². The van der Waals surface area contributed by atoms with E-state index in [9.17, 15) is 9.90 Å². The summed E-state index contributed by atoms with van der Waals surface area (Å²) in [5.74, 6) is 0.773. The van der Waals surface area contributed by atoms with Crippen LogP contribution in [0.5, 0.6) is 11.5 Å². The summed E-state index contributed by atoms with van der Waals surface area (Å²) in [6.07, 6.45) is 1.65. The molecule has 5 heteroatoms. The number of hydrogen-bond donors (Lipinski definition) is 2. The third kappa shape index (κ3) is 3.18. The van der Waals surface area contributed by atoms with Crippen LogP contribution in [0.3, 0.4) is 0 Å². The van der Waals surface area contributed by atoms with Crippen molar-refractivity contribution in [2.45, 2.75) is 19.3 Å². The SMILES string of the molecule is COc1ccccc1CC(=O)NN=C1CCc2c(O)cccc21. The first-order valence-corrected chi connectivity index (χ1v) is 7.47. The number of phenols is 1. The Morgan fingerprint density at radius 1 is 1.22 bits per heavy atom. The molecule has 0 aliphatic heterocycles. The van der Waals surface area contributed by atoms with Gasteiger partial charge >= 0.3 is 0 Å². The first-order valence-electron chi connectivity index (χ1n) is 7.47. The van der Waals surface area contributed by atoms with Crippen LogP contribution in [0.15, 0.2) is 47.6 Å². The number of amides is 1. The molecule has 23 heavy (non-hydrogen) atoms. The van der Waals surface area contributed by atoms with Gasteiger partial charge in [-0.2, -0.15) is 5.10 Å².